The van der Waals surface area contributed by atoms with E-state index in [1.54, 1.807) is 0 Å². The van der Waals surface area contributed by atoms with Crippen LogP contribution >= 0.6 is 47.8 Å². The highest BCUT2D eigenvalue weighted by Crippen LogP contribution is 2.32. The highest BCUT2D eigenvalue weighted by Gasteiger charge is 2.11. The summed E-state index contributed by atoms with van der Waals surface area (Å²) in [5.74, 6) is 0. The maximum Gasteiger partial charge on any atom is 0.0436 e. The standard InChI is InChI=1S/C15H13Br3/c1-10-4-2-3-5-11(10)8-15(18)12-6-13(16)9-14(17)7-12/h2-7,9,15H,8H2,1H3. The van der Waals surface area contributed by atoms with Crippen molar-refractivity contribution in [1.29, 1.82) is 0 Å². The number of rotatable bonds is 3. The minimum atomic E-state index is 0.326. The van der Waals surface area contributed by atoms with E-state index >= 15 is 0 Å². The van der Waals surface area contributed by atoms with Crippen molar-refractivity contribution in [3.8, 4) is 0 Å². The van der Waals surface area contributed by atoms with Gasteiger partial charge in [-0.15, -0.1) is 0 Å². The van der Waals surface area contributed by atoms with E-state index < -0.39 is 0 Å². The predicted octanol–water partition coefficient (Wildman–Crippen LogP) is 6.20. The van der Waals surface area contributed by atoms with Crippen molar-refractivity contribution < 1.29 is 0 Å². The van der Waals surface area contributed by atoms with Gasteiger partial charge in [0.15, 0.2) is 0 Å². The molecule has 2 aromatic carbocycles. The van der Waals surface area contributed by atoms with Crippen LogP contribution in [0.5, 0.6) is 0 Å². The number of hydrogen-bond donors (Lipinski definition) is 0. The molecule has 0 aromatic heterocycles. The molecule has 0 bridgehead atoms. The molecule has 0 aliphatic carbocycles. The van der Waals surface area contributed by atoms with Crippen molar-refractivity contribution in [2.75, 3.05) is 0 Å². The largest absolute Gasteiger partial charge is 0.0835 e. The average molecular weight is 433 g/mol. The molecule has 18 heavy (non-hydrogen) atoms. The van der Waals surface area contributed by atoms with Crippen molar-refractivity contribution in [3.63, 3.8) is 0 Å². The SMILES string of the molecule is Cc1ccccc1CC(Br)c1cc(Br)cc(Br)c1. The third-order valence-electron chi connectivity index (χ3n) is 2.91. The minimum Gasteiger partial charge on any atom is -0.0835 e. The van der Waals surface area contributed by atoms with Crippen molar-refractivity contribution in [3.05, 3.63) is 68.1 Å². The van der Waals surface area contributed by atoms with Gasteiger partial charge in [0.2, 0.25) is 0 Å². The second kappa shape index (κ2) is 6.36. The molecule has 0 saturated heterocycles. The Balaban J connectivity index is 2.22. The number of hydrogen-bond acceptors (Lipinski definition) is 0. The number of benzene rings is 2. The van der Waals surface area contributed by atoms with Gasteiger partial charge in [0.25, 0.3) is 0 Å². The molecule has 1 atom stereocenters. The van der Waals surface area contributed by atoms with E-state index in [1.807, 2.05) is 0 Å². The molecule has 0 aliphatic rings. The van der Waals surface area contributed by atoms with Gasteiger partial charge in [0.1, 0.15) is 0 Å². The Morgan fingerprint density at radius 2 is 1.61 bits per heavy atom. The first-order chi connectivity index (χ1) is 8.56. The fraction of sp³-hybridized carbons (Fsp3) is 0.200. The molecule has 2 aromatic rings. The van der Waals surface area contributed by atoms with Crippen LogP contribution in [0.4, 0.5) is 0 Å². The summed E-state index contributed by atoms with van der Waals surface area (Å²) >= 11 is 10.8. The zero-order valence-electron chi connectivity index (χ0n) is 9.96. The van der Waals surface area contributed by atoms with E-state index in [9.17, 15) is 0 Å². The first kappa shape index (κ1) is 14.3. The predicted molar refractivity (Wildman–Crippen MR) is 88.4 cm³/mol. The van der Waals surface area contributed by atoms with Gasteiger partial charge in [-0.1, -0.05) is 72.1 Å². The van der Waals surface area contributed by atoms with Crippen LogP contribution < -0.4 is 0 Å². The molecular weight excluding hydrogens is 420 g/mol. The highest BCUT2D eigenvalue weighted by molar-refractivity contribution is 9.11. The van der Waals surface area contributed by atoms with E-state index in [4.69, 9.17) is 0 Å². The topological polar surface area (TPSA) is 0 Å². The second-order valence-electron chi connectivity index (χ2n) is 4.30. The van der Waals surface area contributed by atoms with Crippen molar-refractivity contribution in [2.24, 2.45) is 0 Å². The molecule has 0 saturated carbocycles. The molecule has 94 valence electrons. The van der Waals surface area contributed by atoms with Crippen LogP contribution in [0.15, 0.2) is 51.4 Å². The smallest absolute Gasteiger partial charge is 0.0436 e. The molecule has 3 heteroatoms. The zero-order chi connectivity index (χ0) is 13.1. The first-order valence-electron chi connectivity index (χ1n) is 5.71. The summed E-state index contributed by atoms with van der Waals surface area (Å²) < 4.78 is 2.20. The van der Waals surface area contributed by atoms with Gasteiger partial charge in [-0.05, 0) is 48.2 Å². The lowest BCUT2D eigenvalue weighted by molar-refractivity contribution is 0.936. The maximum absolute atomic E-state index is 3.78. The van der Waals surface area contributed by atoms with Gasteiger partial charge in [0.05, 0.1) is 0 Å². The van der Waals surface area contributed by atoms with Gasteiger partial charge in [-0.2, -0.15) is 0 Å². The number of aryl methyl sites for hydroxylation is 1. The fourth-order valence-electron chi connectivity index (χ4n) is 1.91. The Morgan fingerprint density at radius 3 is 2.22 bits per heavy atom. The van der Waals surface area contributed by atoms with Crippen LogP contribution in [0.3, 0.4) is 0 Å². The zero-order valence-corrected chi connectivity index (χ0v) is 14.7. The number of alkyl halides is 1. The third-order valence-corrected chi connectivity index (χ3v) is 4.68. The van der Waals surface area contributed by atoms with Crippen LogP contribution in [0, 0.1) is 6.92 Å². The summed E-state index contributed by atoms with van der Waals surface area (Å²) in [5.41, 5.74) is 4.01. The van der Waals surface area contributed by atoms with Crippen LogP contribution in [0.1, 0.15) is 21.5 Å². The normalized spacial score (nSPS) is 12.4. The van der Waals surface area contributed by atoms with Crippen LogP contribution in [0.25, 0.3) is 0 Å². The van der Waals surface area contributed by atoms with Crippen molar-refractivity contribution in [1.82, 2.24) is 0 Å². The summed E-state index contributed by atoms with van der Waals surface area (Å²) in [6, 6.07) is 14.9. The summed E-state index contributed by atoms with van der Waals surface area (Å²) in [7, 11) is 0. The van der Waals surface area contributed by atoms with Gasteiger partial charge in [0, 0.05) is 13.8 Å². The van der Waals surface area contributed by atoms with Crippen LogP contribution in [-0.2, 0) is 6.42 Å². The summed E-state index contributed by atoms with van der Waals surface area (Å²) in [6.45, 7) is 2.16. The quantitative estimate of drug-likeness (QED) is 0.506. The Kier molecular flexibility index (Phi) is 5.05. The van der Waals surface area contributed by atoms with Crippen LogP contribution in [-0.4, -0.2) is 0 Å². The van der Waals surface area contributed by atoms with Crippen molar-refractivity contribution >= 4 is 47.8 Å². The van der Waals surface area contributed by atoms with Crippen LogP contribution in [0.2, 0.25) is 0 Å². The second-order valence-corrected chi connectivity index (χ2v) is 7.24. The van der Waals surface area contributed by atoms with Crippen molar-refractivity contribution in [2.45, 2.75) is 18.2 Å². The molecule has 0 N–H and O–H groups in total. The number of halogens is 3. The molecule has 2 rings (SSSR count). The summed E-state index contributed by atoms with van der Waals surface area (Å²) in [6.07, 6.45) is 0.996. The van der Waals surface area contributed by atoms with Gasteiger partial charge in [-0.25, -0.2) is 0 Å². The van der Waals surface area contributed by atoms with E-state index in [0.717, 1.165) is 15.4 Å². The molecule has 0 aliphatic heterocycles. The summed E-state index contributed by atoms with van der Waals surface area (Å²) in [4.78, 5) is 0.326. The van der Waals surface area contributed by atoms with Gasteiger partial charge in [-0.3, -0.25) is 0 Å². The Bertz CT molecular complexity index is 529. The Hall–Kier alpha value is -0.120. The highest BCUT2D eigenvalue weighted by atomic mass is 79.9. The fourth-order valence-corrected chi connectivity index (χ4v) is 3.85. The first-order valence-corrected chi connectivity index (χ1v) is 8.21. The Morgan fingerprint density at radius 1 is 1.00 bits per heavy atom. The van der Waals surface area contributed by atoms with Gasteiger partial charge < -0.3 is 0 Å². The maximum atomic E-state index is 3.78. The molecule has 0 radical (unpaired) electrons. The monoisotopic (exact) mass is 430 g/mol. The molecule has 0 amide bonds. The Labute approximate surface area is 133 Å². The lowest BCUT2D eigenvalue weighted by Gasteiger charge is -2.13. The van der Waals surface area contributed by atoms with E-state index in [-0.39, 0.29) is 0 Å². The average Bonchev–Trinajstić information content (AvgIpc) is 2.31. The molecule has 1 unspecified atom stereocenters. The lowest BCUT2D eigenvalue weighted by Crippen LogP contribution is -1.97. The van der Waals surface area contributed by atoms with E-state index in [0.29, 0.717) is 4.83 Å². The van der Waals surface area contributed by atoms with E-state index in [2.05, 4.69) is 97.2 Å². The van der Waals surface area contributed by atoms with Gasteiger partial charge >= 0.3 is 0 Å². The summed E-state index contributed by atoms with van der Waals surface area (Å²) in [5, 5.41) is 0. The lowest BCUT2D eigenvalue weighted by atomic mass is 10.0. The molecule has 0 nitrogen and oxygen atoms in total. The molecular formula is C15H13Br3. The molecule has 0 fully saturated rings. The molecule has 0 spiro atoms. The molecule has 0 heterocycles. The third kappa shape index (κ3) is 3.69. The minimum absolute atomic E-state index is 0.326. The van der Waals surface area contributed by atoms with E-state index in [1.165, 1.54) is 16.7 Å².